The van der Waals surface area contributed by atoms with E-state index in [1.807, 2.05) is 0 Å². The van der Waals surface area contributed by atoms with E-state index < -0.39 is 0 Å². The van der Waals surface area contributed by atoms with Crippen LogP contribution in [0.3, 0.4) is 0 Å². The fraction of sp³-hybridized carbons (Fsp3) is 0.733. The molecule has 0 aromatic carbocycles. The van der Waals surface area contributed by atoms with Crippen LogP contribution in [-0.4, -0.2) is 23.2 Å². The van der Waals surface area contributed by atoms with Gasteiger partial charge in [0.15, 0.2) is 0 Å². The lowest BCUT2D eigenvalue weighted by atomic mass is 9.86. The van der Waals surface area contributed by atoms with E-state index in [-0.39, 0.29) is 5.41 Å². The van der Waals surface area contributed by atoms with Crippen LogP contribution in [-0.2, 0) is 0 Å². The first-order valence-corrected chi connectivity index (χ1v) is 7.11. The van der Waals surface area contributed by atoms with Crippen molar-refractivity contribution in [2.45, 2.75) is 53.2 Å². The number of hydrogen-bond acceptors (Lipinski definition) is 2. The number of likely N-dealkylation sites (tertiary alicyclic amines) is 1. The van der Waals surface area contributed by atoms with Crippen LogP contribution in [0.15, 0.2) is 22.9 Å². The van der Waals surface area contributed by atoms with E-state index in [9.17, 15) is 0 Å². The molecule has 0 amide bonds. The predicted molar refractivity (Wildman–Crippen MR) is 80.6 cm³/mol. The van der Waals surface area contributed by atoms with E-state index in [2.05, 4.69) is 52.5 Å². The Morgan fingerprint density at radius 3 is 2.47 bits per heavy atom. The molecule has 0 radical (unpaired) electrons. The van der Waals surface area contributed by atoms with Crippen molar-refractivity contribution in [3.63, 3.8) is 0 Å². The fourth-order valence-electron chi connectivity index (χ4n) is 2.62. The van der Waals surface area contributed by atoms with E-state index in [0.29, 0.717) is 5.25 Å². The van der Waals surface area contributed by atoms with Gasteiger partial charge in [0.05, 0.1) is 0 Å². The Kier molecular flexibility index (Phi) is 4.77. The van der Waals surface area contributed by atoms with Crippen molar-refractivity contribution in [2.75, 3.05) is 13.1 Å². The minimum atomic E-state index is 0.255. The first-order chi connectivity index (χ1) is 7.83. The zero-order valence-corrected chi connectivity index (χ0v) is 13.1. The molecule has 0 aromatic heterocycles. The van der Waals surface area contributed by atoms with Crippen molar-refractivity contribution in [3.05, 3.63) is 22.9 Å². The fourth-order valence-corrected chi connectivity index (χ4v) is 2.90. The summed E-state index contributed by atoms with van der Waals surface area (Å²) in [5.41, 5.74) is 4.57. The zero-order chi connectivity index (χ0) is 13.2. The maximum absolute atomic E-state index is 4.82. The highest BCUT2D eigenvalue weighted by atomic mass is 32.1. The molecule has 0 spiro atoms. The standard InChI is InChI=1S/C15H27NS/c1-7-12-9-13(17)15(5,6)10-16(8-2)14(12)11(3)4/h7,13,17H,8-10H2,1-6H3/b12-7+. The first-order valence-electron chi connectivity index (χ1n) is 6.59. The van der Waals surface area contributed by atoms with Gasteiger partial charge in [-0.1, -0.05) is 25.5 Å². The van der Waals surface area contributed by atoms with Crippen molar-refractivity contribution in [3.8, 4) is 0 Å². The van der Waals surface area contributed by atoms with Gasteiger partial charge in [-0.2, -0.15) is 12.6 Å². The van der Waals surface area contributed by atoms with Gasteiger partial charge >= 0.3 is 0 Å². The summed E-state index contributed by atoms with van der Waals surface area (Å²) < 4.78 is 0. The summed E-state index contributed by atoms with van der Waals surface area (Å²) in [6.07, 6.45) is 3.33. The lowest BCUT2D eigenvalue weighted by molar-refractivity contribution is 0.236. The maximum atomic E-state index is 4.82. The molecule has 0 saturated carbocycles. The number of allylic oxidation sites excluding steroid dienone is 3. The molecular formula is C15H27NS. The summed E-state index contributed by atoms with van der Waals surface area (Å²) in [4.78, 5) is 2.51. The number of rotatable bonds is 1. The number of thiol groups is 1. The van der Waals surface area contributed by atoms with Crippen molar-refractivity contribution >= 4 is 12.6 Å². The summed E-state index contributed by atoms with van der Waals surface area (Å²) in [7, 11) is 0. The van der Waals surface area contributed by atoms with E-state index in [4.69, 9.17) is 12.6 Å². The topological polar surface area (TPSA) is 3.24 Å². The third kappa shape index (κ3) is 3.09. The molecule has 2 heteroatoms. The lowest BCUT2D eigenvalue weighted by Crippen LogP contribution is -2.36. The van der Waals surface area contributed by atoms with Gasteiger partial charge in [0.25, 0.3) is 0 Å². The molecule has 1 atom stereocenters. The monoisotopic (exact) mass is 253 g/mol. The molecule has 1 fully saturated rings. The third-order valence-electron chi connectivity index (χ3n) is 3.74. The van der Waals surface area contributed by atoms with Gasteiger partial charge in [-0.25, -0.2) is 0 Å². The van der Waals surface area contributed by atoms with Gasteiger partial charge in [0, 0.05) is 24.0 Å². The van der Waals surface area contributed by atoms with Crippen LogP contribution in [0, 0.1) is 5.41 Å². The average molecular weight is 253 g/mol. The van der Waals surface area contributed by atoms with Crippen LogP contribution in [0.5, 0.6) is 0 Å². The summed E-state index contributed by atoms with van der Waals surface area (Å²) in [5, 5.41) is 0.430. The predicted octanol–water partition coefficient (Wildman–Crippen LogP) is 4.28. The normalized spacial score (nSPS) is 27.2. The molecule has 0 aliphatic carbocycles. The van der Waals surface area contributed by atoms with Crippen LogP contribution < -0.4 is 0 Å². The van der Waals surface area contributed by atoms with Crippen LogP contribution in [0.2, 0.25) is 0 Å². The van der Waals surface area contributed by atoms with E-state index in [1.165, 1.54) is 16.8 Å². The molecule has 0 aromatic rings. The molecule has 1 saturated heterocycles. The Balaban J connectivity index is 3.25. The Morgan fingerprint density at radius 1 is 1.47 bits per heavy atom. The van der Waals surface area contributed by atoms with Crippen LogP contribution in [0.25, 0.3) is 0 Å². The maximum Gasteiger partial charge on any atom is 0.0382 e. The third-order valence-corrected chi connectivity index (χ3v) is 4.62. The Morgan fingerprint density at radius 2 is 2.06 bits per heavy atom. The van der Waals surface area contributed by atoms with Gasteiger partial charge in [-0.3, -0.25) is 0 Å². The smallest absolute Gasteiger partial charge is 0.0382 e. The summed E-state index contributed by atoms with van der Waals surface area (Å²) in [6.45, 7) is 15.6. The zero-order valence-electron chi connectivity index (χ0n) is 12.2. The molecule has 1 nitrogen and oxygen atoms in total. The average Bonchev–Trinajstić information content (AvgIpc) is 2.34. The van der Waals surface area contributed by atoms with E-state index >= 15 is 0 Å². The van der Waals surface area contributed by atoms with Gasteiger partial charge in [-0.15, -0.1) is 0 Å². The highest BCUT2D eigenvalue weighted by Gasteiger charge is 2.34. The molecule has 1 aliphatic heterocycles. The Labute approximate surface area is 112 Å². The van der Waals surface area contributed by atoms with Crippen molar-refractivity contribution in [2.24, 2.45) is 5.41 Å². The van der Waals surface area contributed by atoms with E-state index in [1.54, 1.807) is 0 Å². The molecule has 1 heterocycles. The quantitative estimate of drug-likeness (QED) is 0.683. The second-order valence-corrected chi connectivity index (χ2v) is 6.51. The first kappa shape index (κ1) is 14.7. The van der Waals surface area contributed by atoms with Crippen LogP contribution in [0.4, 0.5) is 0 Å². The van der Waals surface area contributed by atoms with Gasteiger partial charge < -0.3 is 4.90 Å². The highest BCUT2D eigenvalue weighted by molar-refractivity contribution is 7.81. The summed E-state index contributed by atoms with van der Waals surface area (Å²) >= 11 is 4.82. The summed E-state index contributed by atoms with van der Waals surface area (Å²) in [5.74, 6) is 0. The van der Waals surface area contributed by atoms with Gasteiger partial charge in [-0.05, 0) is 45.1 Å². The molecular weight excluding hydrogens is 226 g/mol. The minimum absolute atomic E-state index is 0.255. The van der Waals surface area contributed by atoms with E-state index in [0.717, 1.165) is 19.5 Å². The number of hydrogen-bond donors (Lipinski definition) is 1. The molecule has 17 heavy (non-hydrogen) atoms. The second kappa shape index (κ2) is 5.51. The lowest BCUT2D eigenvalue weighted by Gasteiger charge is -2.34. The molecule has 1 unspecified atom stereocenters. The Bertz CT molecular complexity index is 335. The largest absolute Gasteiger partial charge is 0.371 e. The molecule has 1 rings (SSSR count). The second-order valence-electron chi connectivity index (χ2n) is 5.89. The summed E-state index contributed by atoms with van der Waals surface area (Å²) in [6, 6.07) is 0. The molecule has 98 valence electrons. The molecule has 1 aliphatic rings. The van der Waals surface area contributed by atoms with Crippen LogP contribution >= 0.6 is 12.6 Å². The van der Waals surface area contributed by atoms with Crippen LogP contribution in [0.1, 0.15) is 48.0 Å². The molecule has 0 N–H and O–H groups in total. The van der Waals surface area contributed by atoms with Crippen molar-refractivity contribution in [1.82, 2.24) is 4.90 Å². The van der Waals surface area contributed by atoms with Gasteiger partial charge in [0.1, 0.15) is 0 Å². The highest BCUT2D eigenvalue weighted by Crippen LogP contribution is 2.39. The SMILES string of the molecule is C/C=C1\CC(S)C(C)(C)CN(CC)C1=C(C)C. The number of nitrogens with zero attached hydrogens (tertiary/aromatic N) is 1. The van der Waals surface area contributed by atoms with Crippen molar-refractivity contribution in [1.29, 1.82) is 0 Å². The molecule has 0 bridgehead atoms. The Hall–Kier alpha value is -0.370. The number of likely N-dealkylation sites (N-methyl/N-ethyl adjacent to an activating group) is 1. The van der Waals surface area contributed by atoms with Gasteiger partial charge in [0.2, 0.25) is 0 Å². The van der Waals surface area contributed by atoms with Crippen molar-refractivity contribution < 1.29 is 0 Å². The minimum Gasteiger partial charge on any atom is -0.371 e.